The van der Waals surface area contributed by atoms with Crippen molar-refractivity contribution in [2.24, 2.45) is 23.0 Å². The minimum atomic E-state index is 0.449. The monoisotopic (exact) mass is 211 g/mol. The Labute approximate surface area is 93.6 Å². The molecule has 3 atom stereocenters. The Bertz CT molecular complexity index is 209. The lowest BCUT2D eigenvalue weighted by atomic mass is 9.65. The average Bonchev–Trinajstić information content (AvgIpc) is 2.65. The zero-order valence-electron chi connectivity index (χ0n) is 10.2. The number of rotatable bonds is 2. The SMILES string of the molecule is CC1(C)CCC(N)CC1CC1CCOC1. The van der Waals surface area contributed by atoms with E-state index in [9.17, 15) is 0 Å². The highest BCUT2D eigenvalue weighted by Gasteiger charge is 2.36. The summed E-state index contributed by atoms with van der Waals surface area (Å²) in [6.45, 7) is 6.80. The molecule has 1 aliphatic carbocycles. The Morgan fingerprint density at radius 2 is 2.13 bits per heavy atom. The van der Waals surface area contributed by atoms with E-state index < -0.39 is 0 Å². The van der Waals surface area contributed by atoms with Crippen LogP contribution in [0.1, 0.15) is 46.0 Å². The number of hydrogen-bond donors (Lipinski definition) is 1. The molecule has 0 bridgehead atoms. The van der Waals surface area contributed by atoms with Gasteiger partial charge in [0.1, 0.15) is 0 Å². The van der Waals surface area contributed by atoms with Crippen LogP contribution >= 0.6 is 0 Å². The molecule has 0 spiro atoms. The molecule has 2 nitrogen and oxygen atoms in total. The Kier molecular flexibility index (Phi) is 3.36. The summed E-state index contributed by atoms with van der Waals surface area (Å²) in [5, 5.41) is 0. The summed E-state index contributed by atoms with van der Waals surface area (Å²) in [4.78, 5) is 0. The Morgan fingerprint density at radius 3 is 2.80 bits per heavy atom. The van der Waals surface area contributed by atoms with Crippen molar-refractivity contribution >= 4 is 0 Å². The summed E-state index contributed by atoms with van der Waals surface area (Å²) < 4.78 is 5.46. The first kappa shape index (κ1) is 11.4. The second kappa shape index (κ2) is 4.42. The van der Waals surface area contributed by atoms with Gasteiger partial charge in [0, 0.05) is 19.3 Å². The van der Waals surface area contributed by atoms with Crippen molar-refractivity contribution in [3.05, 3.63) is 0 Å². The third kappa shape index (κ3) is 2.73. The molecular formula is C13H25NO. The van der Waals surface area contributed by atoms with Gasteiger partial charge >= 0.3 is 0 Å². The molecule has 1 aliphatic heterocycles. The maximum Gasteiger partial charge on any atom is 0.0495 e. The quantitative estimate of drug-likeness (QED) is 0.762. The van der Waals surface area contributed by atoms with E-state index in [2.05, 4.69) is 13.8 Å². The molecule has 2 aliphatic rings. The normalized spacial score (nSPS) is 40.6. The van der Waals surface area contributed by atoms with Crippen LogP contribution in [0, 0.1) is 17.3 Å². The van der Waals surface area contributed by atoms with Crippen molar-refractivity contribution in [1.29, 1.82) is 0 Å². The third-order valence-corrected chi connectivity index (χ3v) is 4.49. The fourth-order valence-electron chi connectivity index (χ4n) is 3.15. The molecule has 15 heavy (non-hydrogen) atoms. The molecular weight excluding hydrogens is 186 g/mol. The Hall–Kier alpha value is -0.0800. The van der Waals surface area contributed by atoms with Crippen LogP contribution in [0.3, 0.4) is 0 Å². The molecule has 1 saturated carbocycles. The second-order valence-electron chi connectivity index (χ2n) is 6.19. The van der Waals surface area contributed by atoms with Crippen molar-refractivity contribution in [2.45, 2.75) is 52.0 Å². The largest absolute Gasteiger partial charge is 0.381 e. The summed E-state index contributed by atoms with van der Waals surface area (Å²) >= 11 is 0. The van der Waals surface area contributed by atoms with Crippen molar-refractivity contribution in [2.75, 3.05) is 13.2 Å². The van der Waals surface area contributed by atoms with Crippen LogP contribution < -0.4 is 5.73 Å². The van der Waals surface area contributed by atoms with E-state index >= 15 is 0 Å². The topological polar surface area (TPSA) is 35.2 Å². The molecule has 1 saturated heterocycles. The van der Waals surface area contributed by atoms with Crippen molar-refractivity contribution in [3.63, 3.8) is 0 Å². The van der Waals surface area contributed by atoms with Crippen LogP contribution in [-0.2, 0) is 4.74 Å². The second-order valence-corrected chi connectivity index (χ2v) is 6.19. The van der Waals surface area contributed by atoms with Crippen LogP contribution in [0.2, 0.25) is 0 Å². The van der Waals surface area contributed by atoms with E-state index in [4.69, 9.17) is 10.5 Å². The van der Waals surface area contributed by atoms with E-state index in [0.717, 1.165) is 25.0 Å². The Balaban J connectivity index is 1.92. The van der Waals surface area contributed by atoms with E-state index in [-0.39, 0.29) is 0 Å². The minimum Gasteiger partial charge on any atom is -0.381 e. The van der Waals surface area contributed by atoms with Gasteiger partial charge in [0.05, 0.1) is 0 Å². The van der Waals surface area contributed by atoms with Crippen LogP contribution in [0.5, 0.6) is 0 Å². The Morgan fingerprint density at radius 1 is 1.33 bits per heavy atom. The fourth-order valence-corrected chi connectivity index (χ4v) is 3.15. The maximum absolute atomic E-state index is 6.09. The van der Waals surface area contributed by atoms with Gasteiger partial charge < -0.3 is 10.5 Å². The molecule has 0 amide bonds. The lowest BCUT2D eigenvalue weighted by Gasteiger charge is -2.42. The van der Waals surface area contributed by atoms with Gasteiger partial charge in [0.2, 0.25) is 0 Å². The van der Waals surface area contributed by atoms with E-state index in [1.807, 2.05) is 0 Å². The van der Waals surface area contributed by atoms with Crippen LogP contribution in [0.25, 0.3) is 0 Å². The van der Waals surface area contributed by atoms with Crippen molar-refractivity contribution in [1.82, 2.24) is 0 Å². The molecule has 0 radical (unpaired) electrons. The van der Waals surface area contributed by atoms with Crippen molar-refractivity contribution in [3.8, 4) is 0 Å². The molecule has 2 N–H and O–H groups in total. The van der Waals surface area contributed by atoms with E-state index in [1.54, 1.807) is 0 Å². The number of ether oxygens (including phenoxy) is 1. The molecule has 0 aromatic carbocycles. The molecule has 2 fully saturated rings. The first-order chi connectivity index (χ1) is 7.08. The summed E-state index contributed by atoms with van der Waals surface area (Å²) in [5.41, 5.74) is 6.59. The lowest BCUT2D eigenvalue weighted by Crippen LogP contribution is -2.39. The zero-order chi connectivity index (χ0) is 10.9. The fraction of sp³-hybridized carbons (Fsp3) is 1.00. The molecule has 2 heteroatoms. The molecule has 0 aromatic heterocycles. The van der Waals surface area contributed by atoms with E-state index in [1.165, 1.54) is 32.1 Å². The van der Waals surface area contributed by atoms with Gasteiger partial charge in [-0.25, -0.2) is 0 Å². The summed E-state index contributed by atoms with van der Waals surface area (Å²) in [7, 11) is 0. The van der Waals surface area contributed by atoms with Crippen molar-refractivity contribution < 1.29 is 4.74 Å². The zero-order valence-corrected chi connectivity index (χ0v) is 10.2. The first-order valence-corrected chi connectivity index (χ1v) is 6.41. The molecule has 88 valence electrons. The highest BCUT2D eigenvalue weighted by atomic mass is 16.5. The van der Waals surface area contributed by atoms with Gasteiger partial charge in [-0.1, -0.05) is 13.8 Å². The van der Waals surface area contributed by atoms with Gasteiger partial charge in [-0.3, -0.25) is 0 Å². The van der Waals surface area contributed by atoms with Gasteiger partial charge in [0.15, 0.2) is 0 Å². The maximum atomic E-state index is 6.09. The average molecular weight is 211 g/mol. The van der Waals surface area contributed by atoms with Crippen LogP contribution in [0.4, 0.5) is 0 Å². The number of hydrogen-bond acceptors (Lipinski definition) is 2. The molecule has 1 heterocycles. The molecule has 0 aromatic rings. The lowest BCUT2D eigenvalue weighted by molar-refractivity contribution is 0.0940. The highest BCUT2D eigenvalue weighted by molar-refractivity contribution is 4.89. The predicted molar refractivity (Wildman–Crippen MR) is 62.6 cm³/mol. The first-order valence-electron chi connectivity index (χ1n) is 6.41. The summed E-state index contributed by atoms with van der Waals surface area (Å²) in [6.07, 6.45) is 6.34. The standard InChI is InChI=1S/C13H25NO/c1-13(2)5-3-12(14)8-11(13)7-10-4-6-15-9-10/h10-12H,3-9,14H2,1-2H3. The van der Waals surface area contributed by atoms with Gasteiger partial charge in [0.25, 0.3) is 0 Å². The van der Waals surface area contributed by atoms with Gasteiger partial charge in [-0.2, -0.15) is 0 Å². The predicted octanol–water partition coefficient (Wildman–Crippen LogP) is 2.57. The highest BCUT2D eigenvalue weighted by Crippen LogP contribution is 2.44. The van der Waals surface area contributed by atoms with Gasteiger partial charge in [-0.05, 0) is 49.4 Å². The van der Waals surface area contributed by atoms with Crippen LogP contribution in [0.15, 0.2) is 0 Å². The van der Waals surface area contributed by atoms with Crippen LogP contribution in [-0.4, -0.2) is 19.3 Å². The summed E-state index contributed by atoms with van der Waals surface area (Å²) in [6, 6.07) is 0.449. The molecule has 3 unspecified atom stereocenters. The number of nitrogens with two attached hydrogens (primary N) is 1. The minimum absolute atomic E-state index is 0.449. The molecule has 2 rings (SSSR count). The van der Waals surface area contributed by atoms with E-state index in [0.29, 0.717) is 11.5 Å². The summed E-state index contributed by atoms with van der Waals surface area (Å²) in [5.74, 6) is 1.62. The third-order valence-electron chi connectivity index (χ3n) is 4.49. The smallest absolute Gasteiger partial charge is 0.0495 e. The van der Waals surface area contributed by atoms with Gasteiger partial charge in [-0.15, -0.1) is 0 Å².